The Morgan fingerprint density at radius 2 is 2.32 bits per heavy atom. The fourth-order valence-corrected chi connectivity index (χ4v) is 4.11. The molecule has 0 spiro atoms. The highest BCUT2D eigenvalue weighted by Gasteiger charge is 2.25. The van der Waals surface area contributed by atoms with E-state index in [9.17, 15) is 0 Å². The van der Waals surface area contributed by atoms with Crippen molar-refractivity contribution in [2.75, 3.05) is 31.6 Å². The average molecular weight is 343 g/mol. The third-order valence-electron chi connectivity index (χ3n) is 3.79. The molecule has 1 aliphatic rings. The van der Waals surface area contributed by atoms with Crippen molar-refractivity contribution in [1.29, 1.82) is 0 Å². The van der Waals surface area contributed by atoms with Crippen LogP contribution in [0, 0.1) is 0 Å². The smallest absolute Gasteiger partial charge is 0.195 e. The Labute approximate surface area is 126 Å². The molecule has 1 unspecified atom stereocenters. The predicted octanol–water partition coefficient (Wildman–Crippen LogP) is 2.82. The number of nitrogens with zero attached hydrogens (tertiary/aromatic N) is 4. The lowest BCUT2D eigenvalue weighted by atomic mass is 10.2. The molecule has 1 atom stereocenters. The first-order valence-corrected chi connectivity index (χ1v) is 8.66. The Morgan fingerprint density at radius 3 is 3.11 bits per heavy atom. The van der Waals surface area contributed by atoms with Gasteiger partial charge < -0.3 is 9.80 Å². The van der Waals surface area contributed by atoms with Gasteiger partial charge in [-0.05, 0) is 26.9 Å². The highest BCUT2D eigenvalue weighted by atomic mass is 79.9. The van der Waals surface area contributed by atoms with Crippen molar-refractivity contribution in [2.45, 2.75) is 24.7 Å². The molecular weight excluding hydrogens is 324 g/mol. The van der Waals surface area contributed by atoms with Crippen LogP contribution in [0.4, 0.5) is 5.82 Å². The van der Waals surface area contributed by atoms with Gasteiger partial charge >= 0.3 is 0 Å². The van der Waals surface area contributed by atoms with Gasteiger partial charge in [0, 0.05) is 36.0 Å². The Hall–Kier alpha value is -0.590. The number of anilines is 1. The Balaban J connectivity index is 2.00. The van der Waals surface area contributed by atoms with Crippen molar-refractivity contribution < 1.29 is 0 Å². The minimum atomic E-state index is 0.509. The Kier molecular flexibility index (Phi) is 3.82. The van der Waals surface area contributed by atoms with Crippen molar-refractivity contribution in [2.24, 2.45) is 0 Å². The second-order valence-corrected chi connectivity index (χ2v) is 6.66. The molecule has 1 aliphatic heterocycles. The number of thiazole rings is 1. The van der Waals surface area contributed by atoms with Gasteiger partial charge in [-0.3, -0.25) is 4.40 Å². The fraction of sp³-hybridized carbons (Fsp3) is 0.615. The molecule has 0 saturated carbocycles. The number of imidazole rings is 1. The first kappa shape index (κ1) is 13.4. The SMILES string of the molecule is CC1CN(C)CCCN1c1nc2sccn2c1CBr. The molecule has 1 fully saturated rings. The van der Waals surface area contributed by atoms with Crippen LogP contribution < -0.4 is 4.90 Å². The normalized spacial score (nSPS) is 22.1. The van der Waals surface area contributed by atoms with Crippen LogP contribution in [-0.4, -0.2) is 47.0 Å². The van der Waals surface area contributed by atoms with Crippen LogP contribution in [0.5, 0.6) is 0 Å². The minimum absolute atomic E-state index is 0.509. The molecule has 0 aliphatic carbocycles. The van der Waals surface area contributed by atoms with Gasteiger partial charge in [0.2, 0.25) is 0 Å². The van der Waals surface area contributed by atoms with Crippen molar-refractivity contribution in [3.05, 3.63) is 17.3 Å². The zero-order valence-electron chi connectivity index (χ0n) is 11.3. The lowest BCUT2D eigenvalue weighted by Gasteiger charge is -2.28. The van der Waals surface area contributed by atoms with Crippen molar-refractivity contribution in [1.82, 2.24) is 14.3 Å². The van der Waals surface area contributed by atoms with Gasteiger partial charge in [-0.25, -0.2) is 4.98 Å². The molecule has 2 aromatic heterocycles. The van der Waals surface area contributed by atoms with Crippen LogP contribution in [0.25, 0.3) is 4.96 Å². The Bertz CT molecular complexity index is 564. The number of hydrogen-bond donors (Lipinski definition) is 0. The maximum Gasteiger partial charge on any atom is 0.195 e. The molecule has 0 aromatic carbocycles. The van der Waals surface area contributed by atoms with Gasteiger partial charge in [-0.2, -0.15) is 0 Å². The Morgan fingerprint density at radius 1 is 1.47 bits per heavy atom. The molecule has 0 N–H and O–H groups in total. The predicted molar refractivity (Wildman–Crippen MR) is 84.6 cm³/mol. The molecule has 19 heavy (non-hydrogen) atoms. The standard InChI is InChI=1S/C13H19BrN4S/c1-10-9-16(2)4-3-5-17(10)12-11(8-14)18-6-7-19-13(18)15-12/h6-7,10H,3-5,8-9H2,1-2H3. The van der Waals surface area contributed by atoms with Gasteiger partial charge in [-0.15, -0.1) is 11.3 Å². The van der Waals surface area contributed by atoms with E-state index in [1.807, 2.05) is 0 Å². The van der Waals surface area contributed by atoms with E-state index in [4.69, 9.17) is 4.98 Å². The molecule has 6 heteroatoms. The molecule has 4 nitrogen and oxygen atoms in total. The van der Waals surface area contributed by atoms with E-state index >= 15 is 0 Å². The van der Waals surface area contributed by atoms with Gasteiger partial charge in [0.1, 0.15) is 0 Å². The van der Waals surface area contributed by atoms with Gasteiger partial charge in [0.05, 0.1) is 5.69 Å². The van der Waals surface area contributed by atoms with E-state index in [1.165, 1.54) is 18.7 Å². The number of halogens is 1. The zero-order chi connectivity index (χ0) is 13.4. The first-order chi connectivity index (χ1) is 9.20. The number of aromatic nitrogens is 2. The number of fused-ring (bicyclic) bond motifs is 1. The first-order valence-electron chi connectivity index (χ1n) is 6.66. The topological polar surface area (TPSA) is 23.8 Å². The minimum Gasteiger partial charge on any atom is -0.351 e. The quantitative estimate of drug-likeness (QED) is 0.784. The summed E-state index contributed by atoms with van der Waals surface area (Å²) in [5.41, 5.74) is 1.27. The molecule has 0 amide bonds. The largest absolute Gasteiger partial charge is 0.351 e. The van der Waals surface area contributed by atoms with E-state index in [-0.39, 0.29) is 0 Å². The van der Waals surface area contributed by atoms with Gasteiger partial charge in [0.15, 0.2) is 10.8 Å². The summed E-state index contributed by atoms with van der Waals surface area (Å²) in [6, 6.07) is 0.509. The summed E-state index contributed by atoms with van der Waals surface area (Å²) in [6.45, 7) is 5.67. The molecule has 1 saturated heterocycles. The highest BCUT2D eigenvalue weighted by Crippen LogP contribution is 2.28. The van der Waals surface area contributed by atoms with E-state index in [0.29, 0.717) is 6.04 Å². The van der Waals surface area contributed by atoms with E-state index in [2.05, 4.69) is 55.7 Å². The molecule has 2 aromatic rings. The van der Waals surface area contributed by atoms with Crippen LogP contribution in [0.15, 0.2) is 11.6 Å². The van der Waals surface area contributed by atoms with E-state index < -0.39 is 0 Å². The number of likely N-dealkylation sites (N-methyl/N-ethyl adjacent to an activating group) is 1. The zero-order valence-corrected chi connectivity index (χ0v) is 13.7. The van der Waals surface area contributed by atoms with Gasteiger partial charge in [-0.1, -0.05) is 15.9 Å². The van der Waals surface area contributed by atoms with E-state index in [0.717, 1.165) is 29.2 Å². The van der Waals surface area contributed by atoms with Crippen LogP contribution in [0.3, 0.4) is 0 Å². The summed E-state index contributed by atoms with van der Waals surface area (Å²) in [6.07, 6.45) is 3.31. The fourth-order valence-electron chi connectivity index (χ4n) is 2.86. The molecule has 0 bridgehead atoms. The van der Waals surface area contributed by atoms with Crippen molar-refractivity contribution in [3.63, 3.8) is 0 Å². The average Bonchev–Trinajstić information content (AvgIpc) is 2.89. The summed E-state index contributed by atoms with van der Waals surface area (Å²) in [5.74, 6) is 1.16. The third-order valence-corrected chi connectivity index (χ3v) is 5.07. The van der Waals surface area contributed by atoms with Gasteiger partial charge in [0.25, 0.3) is 0 Å². The van der Waals surface area contributed by atoms with Crippen molar-refractivity contribution in [3.8, 4) is 0 Å². The third kappa shape index (κ3) is 2.41. The number of hydrogen-bond acceptors (Lipinski definition) is 4. The van der Waals surface area contributed by atoms with Crippen molar-refractivity contribution >= 4 is 38.0 Å². The van der Waals surface area contributed by atoms with Crippen LogP contribution in [0.2, 0.25) is 0 Å². The maximum atomic E-state index is 4.84. The molecule has 104 valence electrons. The molecule has 0 radical (unpaired) electrons. The molecule has 3 heterocycles. The summed E-state index contributed by atoms with van der Waals surface area (Å²) in [4.78, 5) is 10.8. The van der Waals surface area contributed by atoms with E-state index in [1.54, 1.807) is 11.3 Å². The lowest BCUT2D eigenvalue weighted by molar-refractivity contribution is 0.337. The number of alkyl halides is 1. The monoisotopic (exact) mass is 342 g/mol. The number of rotatable bonds is 2. The molecule has 3 rings (SSSR count). The summed E-state index contributed by atoms with van der Waals surface area (Å²) >= 11 is 5.32. The lowest BCUT2D eigenvalue weighted by Crippen LogP contribution is -2.38. The van der Waals surface area contributed by atoms with Crippen LogP contribution >= 0.6 is 27.3 Å². The summed E-state index contributed by atoms with van der Waals surface area (Å²) in [5, 5.41) is 2.94. The second kappa shape index (κ2) is 5.42. The van der Waals surface area contributed by atoms with Crippen LogP contribution in [-0.2, 0) is 5.33 Å². The molecular formula is C13H19BrN4S. The van der Waals surface area contributed by atoms with Crippen LogP contribution in [0.1, 0.15) is 19.0 Å². The second-order valence-electron chi connectivity index (χ2n) is 5.23. The summed E-state index contributed by atoms with van der Waals surface area (Å²) < 4.78 is 2.20. The summed E-state index contributed by atoms with van der Waals surface area (Å²) in [7, 11) is 2.21. The maximum absolute atomic E-state index is 4.84. The highest BCUT2D eigenvalue weighted by molar-refractivity contribution is 9.08.